The van der Waals surface area contributed by atoms with Gasteiger partial charge in [0.1, 0.15) is 0 Å². The van der Waals surface area contributed by atoms with Crippen LogP contribution in [0.3, 0.4) is 0 Å². The number of hydrogen-bond donors (Lipinski definition) is 3. The minimum absolute atomic E-state index is 1.08. The fourth-order valence-electron chi connectivity index (χ4n) is 0.453. The number of rotatable bonds is 0. The van der Waals surface area contributed by atoms with Crippen LogP contribution in [-0.2, 0) is 0 Å². The molecule has 1 aliphatic heterocycles. The van der Waals surface area contributed by atoms with Crippen LogP contribution < -0.4 is 16.4 Å². The van der Waals surface area contributed by atoms with E-state index in [1.54, 1.807) is 0 Å². The SMILES string of the molecule is C1CNNNC1.CC. The Bertz CT molecular complexity index is 23.1. The molecule has 0 aliphatic carbocycles. The van der Waals surface area contributed by atoms with Gasteiger partial charge >= 0.3 is 0 Å². The zero-order valence-electron chi connectivity index (χ0n) is 5.62. The highest BCUT2D eigenvalue weighted by atomic mass is 15.6. The van der Waals surface area contributed by atoms with E-state index in [2.05, 4.69) is 16.4 Å². The van der Waals surface area contributed by atoms with Crippen LogP contribution in [0.15, 0.2) is 0 Å². The predicted molar refractivity (Wildman–Crippen MR) is 35.1 cm³/mol. The molecule has 1 rings (SSSR count). The summed E-state index contributed by atoms with van der Waals surface area (Å²) in [4.78, 5) is 0. The molecular formula is C5H15N3. The van der Waals surface area contributed by atoms with Crippen molar-refractivity contribution in [1.29, 1.82) is 0 Å². The minimum Gasteiger partial charge on any atom is -0.244 e. The Balaban J connectivity index is 0.000000222. The Kier molecular flexibility index (Phi) is 6.78. The molecule has 1 heterocycles. The fraction of sp³-hybridized carbons (Fsp3) is 1.00. The first-order valence-corrected chi connectivity index (χ1v) is 3.21. The third-order valence-electron chi connectivity index (χ3n) is 0.780. The van der Waals surface area contributed by atoms with Crippen molar-refractivity contribution in [2.24, 2.45) is 0 Å². The standard InChI is InChI=1S/C3H9N3.C2H6/c1-2-4-6-5-3-1;1-2/h4-6H,1-3H2;1-2H3. The highest BCUT2D eigenvalue weighted by molar-refractivity contribution is 4.47. The summed E-state index contributed by atoms with van der Waals surface area (Å²) in [5, 5.41) is 0. The molecule has 1 aliphatic rings. The van der Waals surface area contributed by atoms with Crippen molar-refractivity contribution in [1.82, 2.24) is 16.4 Å². The molecule has 0 bridgehead atoms. The lowest BCUT2D eigenvalue weighted by Gasteiger charge is -2.12. The van der Waals surface area contributed by atoms with Gasteiger partial charge in [-0.15, -0.1) is 0 Å². The molecule has 0 amide bonds. The lowest BCUT2D eigenvalue weighted by Crippen LogP contribution is -2.49. The Morgan fingerprint density at radius 1 is 1.00 bits per heavy atom. The van der Waals surface area contributed by atoms with Gasteiger partial charge in [-0.3, -0.25) is 0 Å². The van der Waals surface area contributed by atoms with Crippen molar-refractivity contribution < 1.29 is 0 Å². The van der Waals surface area contributed by atoms with Gasteiger partial charge in [0.2, 0.25) is 0 Å². The zero-order chi connectivity index (χ0) is 6.24. The van der Waals surface area contributed by atoms with E-state index in [-0.39, 0.29) is 0 Å². The summed E-state index contributed by atoms with van der Waals surface area (Å²) in [7, 11) is 0. The summed E-state index contributed by atoms with van der Waals surface area (Å²) in [6.07, 6.45) is 1.22. The molecule has 3 N–H and O–H groups in total. The lowest BCUT2D eigenvalue weighted by atomic mass is 10.4. The van der Waals surface area contributed by atoms with Crippen LogP contribution in [0.4, 0.5) is 0 Å². The van der Waals surface area contributed by atoms with Crippen LogP contribution in [0.1, 0.15) is 20.3 Å². The van der Waals surface area contributed by atoms with Crippen molar-refractivity contribution in [3.63, 3.8) is 0 Å². The summed E-state index contributed by atoms with van der Waals surface area (Å²) in [6, 6.07) is 0. The number of hydrazine groups is 2. The van der Waals surface area contributed by atoms with E-state index in [1.165, 1.54) is 6.42 Å². The predicted octanol–water partition coefficient (Wildman–Crippen LogP) is 0.0151. The molecule has 0 radical (unpaired) electrons. The van der Waals surface area contributed by atoms with Gasteiger partial charge in [-0.1, -0.05) is 13.8 Å². The quantitative estimate of drug-likeness (QED) is 0.418. The van der Waals surface area contributed by atoms with Crippen molar-refractivity contribution in [2.75, 3.05) is 13.1 Å². The Labute approximate surface area is 50.8 Å². The van der Waals surface area contributed by atoms with Gasteiger partial charge < -0.3 is 0 Å². The topological polar surface area (TPSA) is 36.1 Å². The highest BCUT2D eigenvalue weighted by Crippen LogP contribution is 1.71. The van der Waals surface area contributed by atoms with Crippen molar-refractivity contribution in [3.05, 3.63) is 0 Å². The second-order valence-corrected chi connectivity index (χ2v) is 1.33. The summed E-state index contributed by atoms with van der Waals surface area (Å²) in [5.41, 5.74) is 8.63. The smallest absolute Gasteiger partial charge is 0.0126 e. The van der Waals surface area contributed by atoms with Crippen molar-refractivity contribution >= 4 is 0 Å². The van der Waals surface area contributed by atoms with Crippen molar-refractivity contribution in [2.45, 2.75) is 20.3 Å². The molecule has 8 heavy (non-hydrogen) atoms. The van der Waals surface area contributed by atoms with Crippen LogP contribution >= 0.6 is 0 Å². The normalized spacial score (nSPS) is 18.8. The first-order chi connectivity index (χ1) is 4.00. The Hall–Kier alpha value is -0.120. The maximum Gasteiger partial charge on any atom is 0.0126 e. The van der Waals surface area contributed by atoms with Gasteiger partial charge in [0.15, 0.2) is 0 Å². The van der Waals surface area contributed by atoms with E-state index < -0.39 is 0 Å². The van der Waals surface area contributed by atoms with Gasteiger partial charge in [-0.25, -0.2) is 10.9 Å². The summed E-state index contributed by atoms with van der Waals surface area (Å²) in [6.45, 7) is 6.15. The Morgan fingerprint density at radius 2 is 1.50 bits per heavy atom. The van der Waals surface area contributed by atoms with Crippen LogP contribution in [0.2, 0.25) is 0 Å². The molecular weight excluding hydrogens is 102 g/mol. The summed E-state index contributed by atoms with van der Waals surface area (Å²) >= 11 is 0. The van der Waals surface area contributed by atoms with Crippen LogP contribution in [0, 0.1) is 0 Å². The van der Waals surface area contributed by atoms with Gasteiger partial charge in [0.25, 0.3) is 0 Å². The Morgan fingerprint density at radius 3 is 1.62 bits per heavy atom. The lowest BCUT2D eigenvalue weighted by molar-refractivity contribution is 0.372. The second kappa shape index (κ2) is 6.88. The fourth-order valence-corrected chi connectivity index (χ4v) is 0.453. The van der Waals surface area contributed by atoms with E-state index in [9.17, 15) is 0 Å². The van der Waals surface area contributed by atoms with Gasteiger partial charge in [-0.05, 0) is 6.42 Å². The molecule has 1 fully saturated rings. The van der Waals surface area contributed by atoms with E-state index in [1.807, 2.05) is 13.8 Å². The zero-order valence-corrected chi connectivity index (χ0v) is 5.62. The third-order valence-corrected chi connectivity index (χ3v) is 0.780. The van der Waals surface area contributed by atoms with Crippen LogP contribution in [0.5, 0.6) is 0 Å². The first-order valence-electron chi connectivity index (χ1n) is 3.21. The average Bonchev–Trinajstić information content (AvgIpc) is 1.96. The molecule has 0 saturated carbocycles. The largest absolute Gasteiger partial charge is 0.244 e. The van der Waals surface area contributed by atoms with Crippen LogP contribution in [0.25, 0.3) is 0 Å². The average molecular weight is 117 g/mol. The van der Waals surface area contributed by atoms with E-state index in [0.717, 1.165) is 13.1 Å². The molecule has 0 spiro atoms. The first kappa shape index (κ1) is 7.88. The molecule has 3 nitrogen and oxygen atoms in total. The molecule has 0 atom stereocenters. The molecule has 0 unspecified atom stereocenters. The van der Waals surface area contributed by atoms with E-state index >= 15 is 0 Å². The molecule has 0 aromatic heterocycles. The minimum atomic E-state index is 1.08. The van der Waals surface area contributed by atoms with E-state index in [4.69, 9.17) is 0 Å². The highest BCUT2D eigenvalue weighted by Gasteiger charge is 1.90. The summed E-state index contributed by atoms with van der Waals surface area (Å²) in [5.74, 6) is 0. The molecule has 50 valence electrons. The maximum absolute atomic E-state index is 2.92. The van der Waals surface area contributed by atoms with Crippen molar-refractivity contribution in [3.8, 4) is 0 Å². The van der Waals surface area contributed by atoms with Crippen LogP contribution in [-0.4, -0.2) is 13.1 Å². The molecule has 0 aromatic rings. The maximum atomic E-state index is 2.92. The molecule has 0 aromatic carbocycles. The van der Waals surface area contributed by atoms with Gasteiger partial charge in [-0.2, -0.15) is 5.53 Å². The molecule has 3 heteroatoms. The third kappa shape index (κ3) is 4.05. The molecule has 1 saturated heterocycles. The number of hydrogen-bond acceptors (Lipinski definition) is 3. The number of nitrogens with one attached hydrogen (secondary N) is 3. The monoisotopic (exact) mass is 117 g/mol. The second-order valence-electron chi connectivity index (χ2n) is 1.33. The van der Waals surface area contributed by atoms with Gasteiger partial charge in [0.05, 0.1) is 0 Å². The summed E-state index contributed by atoms with van der Waals surface area (Å²) < 4.78 is 0. The van der Waals surface area contributed by atoms with E-state index in [0.29, 0.717) is 0 Å². The van der Waals surface area contributed by atoms with Gasteiger partial charge in [0, 0.05) is 13.1 Å².